The molecule has 0 rings (SSSR count). The van der Waals surface area contributed by atoms with Crippen molar-refractivity contribution in [2.75, 3.05) is 0 Å². The van der Waals surface area contributed by atoms with Gasteiger partial charge >= 0.3 is 82.4 Å². The first-order chi connectivity index (χ1) is 12.9. The molecule has 0 saturated carbocycles. The Morgan fingerprint density at radius 1 is 0.406 bits per heavy atom. The molecule has 188 valence electrons. The molecule has 32 heavy (non-hydrogen) atoms. The molecule has 1 unspecified atom stereocenters. The summed E-state index contributed by atoms with van der Waals surface area (Å²) in [6, 6.07) is 0. The van der Waals surface area contributed by atoms with Gasteiger partial charge in [-0.2, -0.15) is 83.4 Å². The van der Waals surface area contributed by atoms with Gasteiger partial charge in [-0.1, -0.05) is 0 Å². The van der Waals surface area contributed by atoms with Crippen LogP contribution in [0.2, 0.25) is 0 Å². The molecule has 1 atom stereocenters. The van der Waals surface area contributed by atoms with Crippen LogP contribution in [0.15, 0.2) is 0 Å². The Hall–Kier alpha value is -0.220. The van der Waals surface area contributed by atoms with E-state index < -0.39 is 64.0 Å². The largest absolute Gasteiger partial charge is 1.00 e. The fourth-order valence-electron chi connectivity index (χ4n) is 1.45. The van der Waals surface area contributed by atoms with Crippen LogP contribution in [0, 0.1) is 0 Å². The Morgan fingerprint density at radius 2 is 0.594 bits per heavy atom. The number of hydrogen-bond donors (Lipinski definition) is 0. The topological polar surface area (TPSA) is 40.1 Å². The minimum atomic E-state index is -9.06. The van der Waals surface area contributed by atoms with Crippen molar-refractivity contribution < 1.29 is 122 Å². The third-order valence-corrected chi connectivity index (χ3v) is 3.97. The maximum Gasteiger partial charge on any atom is 1.00 e. The predicted molar refractivity (Wildman–Crippen MR) is 54.6 cm³/mol. The molecule has 0 N–H and O–H groups in total. The number of alkyl halides is 19. The zero-order chi connectivity index (χ0) is 26.1. The summed E-state index contributed by atoms with van der Waals surface area (Å²) < 4.78 is 261. The van der Waals surface area contributed by atoms with E-state index in [2.05, 4.69) is 0 Å². The van der Waals surface area contributed by atoms with Gasteiger partial charge in [0.1, 0.15) is 0 Å². The maximum atomic E-state index is 13.1. The van der Waals surface area contributed by atoms with Gasteiger partial charge in [-0.3, -0.25) is 4.21 Å². The fraction of sp³-hybridized carbons (Fsp3) is 1.00. The monoisotopic (exact) mass is 556 g/mol. The summed E-state index contributed by atoms with van der Waals surface area (Å²) >= 11 is -5.91. The van der Waals surface area contributed by atoms with Gasteiger partial charge in [0.05, 0.1) is 0 Å². The molecule has 0 bridgehead atoms. The molecule has 0 aliphatic rings. The third-order valence-electron chi connectivity index (χ3n) is 3.30. The van der Waals surface area contributed by atoms with Crippen molar-refractivity contribution in [2.45, 2.75) is 52.9 Å². The van der Waals surface area contributed by atoms with Crippen LogP contribution in [-0.2, 0) is 11.1 Å². The smallest absolute Gasteiger partial charge is 0.768 e. The first kappa shape index (κ1) is 34.0. The SMILES string of the molecule is O=S([O-])C(F)(F)C(F)(F)C(F)(F)C(F)(F)C(F)(F)C(F)(F)C(F)(F)C(F)(F)C(F)(F)F.[Na+]. The van der Waals surface area contributed by atoms with Gasteiger partial charge < -0.3 is 4.55 Å². The van der Waals surface area contributed by atoms with Crippen LogP contribution in [0.3, 0.4) is 0 Å². The quantitative estimate of drug-likeness (QED) is 0.262. The van der Waals surface area contributed by atoms with Gasteiger partial charge in [-0.05, 0) is 0 Å². The van der Waals surface area contributed by atoms with Crippen molar-refractivity contribution in [3.05, 3.63) is 0 Å². The molecule has 0 radical (unpaired) electrons. The Balaban J connectivity index is 0. The maximum absolute atomic E-state index is 13.1. The average molecular weight is 556 g/mol. The van der Waals surface area contributed by atoms with Crippen molar-refractivity contribution in [3.63, 3.8) is 0 Å². The summed E-state index contributed by atoms with van der Waals surface area (Å²) in [7, 11) is 0. The van der Waals surface area contributed by atoms with Crippen molar-refractivity contribution in [2.24, 2.45) is 0 Å². The minimum absolute atomic E-state index is 0. The van der Waals surface area contributed by atoms with Gasteiger partial charge in [0.25, 0.3) is 0 Å². The van der Waals surface area contributed by atoms with Gasteiger partial charge in [0.2, 0.25) is 0 Å². The van der Waals surface area contributed by atoms with Gasteiger partial charge in [0, 0.05) is 11.1 Å². The van der Waals surface area contributed by atoms with Crippen LogP contribution in [0.5, 0.6) is 0 Å². The third kappa shape index (κ3) is 4.08. The summed E-state index contributed by atoms with van der Waals surface area (Å²) in [4.78, 5) is 0. The summed E-state index contributed by atoms with van der Waals surface area (Å²) in [5.74, 6) is -61.3. The zero-order valence-corrected chi connectivity index (χ0v) is 16.7. The molecular weight excluding hydrogens is 556 g/mol. The average Bonchev–Trinajstić information content (AvgIpc) is 2.52. The Bertz CT molecular complexity index is 712. The van der Waals surface area contributed by atoms with Crippen molar-refractivity contribution in [1.29, 1.82) is 0 Å². The van der Waals surface area contributed by atoms with Crippen LogP contribution in [0.4, 0.5) is 83.4 Å². The van der Waals surface area contributed by atoms with Crippen molar-refractivity contribution in [3.8, 4) is 0 Å². The second-order valence-corrected chi connectivity index (χ2v) is 6.25. The van der Waals surface area contributed by atoms with Crippen LogP contribution < -0.4 is 29.6 Å². The molecule has 0 aliphatic carbocycles. The van der Waals surface area contributed by atoms with Crippen LogP contribution in [0.1, 0.15) is 0 Å². The Kier molecular flexibility index (Phi) is 8.98. The fourth-order valence-corrected chi connectivity index (χ4v) is 1.79. The molecule has 0 amide bonds. The first-order valence-electron chi connectivity index (χ1n) is 6.13. The molecule has 0 aromatic carbocycles. The van der Waals surface area contributed by atoms with E-state index in [0.29, 0.717) is 0 Å². The Labute approximate surface area is 186 Å². The second-order valence-electron chi connectivity index (χ2n) is 5.27. The van der Waals surface area contributed by atoms with E-state index in [4.69, 9.17) is 0 Å². The molecular formula is C9F19NaO2S. The van der Waals surface area contributed by atoms with Gasteiger partial charge in [0.15, 0.2) is 0 Å². The number of rotatable bonds is 8. The summed E-state index contributed by atoms with van der Waals surface area (Å²) in [5.41, 5.74) is 0. The van der Waals surface area contributed by atoms with Crippen LogP contribution in [-0.4, -0.2) is 61.7 Å². The van der Waals surface area contributed by atoms with Crippen molar-refractivity contribution in [1.82, 2.24) is 0 Å². The molecule has 0 fully saturated rings. The van der Waals surface area contributed by atoms with E-state index in [9.17, 15) is 92.2 Å². The Morgan fingerprint density at radius 3 is 0.781 bits per heavy atom. The van der Waals surface area contributed by atoms with Gasteiger partial charge in [-0.15, -0.1) is 0 Å². The number of hydrogen-bond acceptors (Lipinski definition) is 2. The standard InChI is InChI=1S/C9HF19O2S.Na/c10-1(11,2(12,13)4(16,17)6(20,21)8(24,25)26)3(14,15)5(18,19)7(22,23)9(27,28)31(29)30;/h(H,29,30);/q;+1/p-1. The van der Waals surface area contributed by atoms with E-state index in [1.807, 2.05) is 0 Å². The van der Waals surface area contributed by atoms with Gasteiger partial charge in [-0.25, -0.2) is 0 Å². The van der Waals surface area contributed by atoms with Crippen molar-refractivity contribution >= 4 is 11.1 Å². The number of halogens is 19. The van der Waals surface area contributed by atoms with Crippen LogP contribution >= 0.6 is 0 Å². The molecule has 0 heterocycles. The van der Waals surface area contributed by atoms with E-state index >= 15 is 0 Å². The molecule has 0 aliphatic heterocycles. The van der Waals surface area contributed by atoms with E-state index in [-0.39, 0.29) is 29.6 Å². The van der Waals surface area contributed by atoms with Crippen LogP contribution in [0.25, 0.3) is 0 Å². The summed E-state index contributed by atoms with van der Waals surface area (Å²) in [5, 5.41) is -7.51. The summed E-state index contributed by atoms with van der Waals surface area (Å²) in [6.45, 7) is 0. The molecule has 0 aromatic heterocycles. The normalized spacial score (nSPS) is 17.1. The second kappa shape index (κ2) is 8.47. The molecule has 2 nitrogen and oxygen atoms in total. The predicted octanol–water partition coefficient (Wildman–Crippen LogP) is 2.47. The summed E-state index contributed by atoms with van der Waals surface area (Å²) in [6.07, 6.45) is -7.95. The molecule has 0 spiro atoms. The molecule has 0 saturated heterocycles. The van der Waals surface area contributed by atoms with E-state index in [1.54, 1.807) is 0 Å². The van der Waals surface area contributed by atoms with E-state index in [0.717, 1.165) is 0 Å². The molecule has 0 aromatic rings. The minimum Gasteiger partial charge on any atom is -0.768 e. The molecule has 23 heteroatoms. The van der Waals surface area contributed by atoms with E-state index in [1.165, 1.54) is 0 Å². The zero-order valence-electron chi connectivity index (χ0n) is 13.9. The first-order valence-corrected chi connectivity index (χ1v) is 7.20.